The predicted octanol–water partition coefficient (Wildman–Crippen LogP) is 1.94. The van der Waals surface area contributed by atoms with Crippen molar-refractivity contribution in [3.8, 4) is 0 Å². The molecule has 2 atom stereocenters. The second kappa shape index (κ2) is 15.2. The molecule has 1 saturated heterocycles. The summed E-state index contributed by atoms with van der Waals surface area (Å²) in [6, 6.07) is 16.2. The zero-order valence-corrected chi connectivity index (χ0v) is 27.0. The fourth-order valence-electron chi connectivity index (χ4n) is 6.29. The number of aromatic nitrogens is 2. The van der Waals surface area contributed by atoms with Crippen LogP contribution in [0.1, 0.15) is 53.0 Å². The van der Waals surface area contributed by atoms with Gasteiger partial charge in [0.25, 0.3) is 5.91 Å². The molecule has 0 saturated carbocycles. The van der Waals surface area contributed by atoms with E-state index >= 15 is 0 Å². The van der Waals surface area contributed by atoms with E-state index in [0.29, 0.717) is 51.0 Å². The number of benzene rings is 2. The molecule has 11 nitrogen and oxygen atoms in total. The number of hydrogen-bond donors (Lipinski definition) is 3. The third-order valence-electron chi connectivity index (χ3n) is 9.07. The Kier molecular flexibility index (Phi) is 10.8. The highest BCUT2D eigenvalue weighted by atomic mass is 16.2. The van der Waals surface area contributed by atoms with Crippen molar-refractivity contribution in [1.29, 1.82) is 0 Å². The van der Waals surface area contributed by atoms with E-state index in [-0.39, 0.29) is 36.1 Å². The molecule has 2 heterocycles. The summed E-state index contributed by atoms with van der Waals surface area (Å²) in [6.45, 7) is 7.43. The second-order valence-electron chi connectivity index (χ2n) is 12.3. The van der Waals surface area contributed by atoms with Crippen LogP contribution >= 0.6 is 0 Å². The summed E-state index contributed by atoms with van der Waals surface area (Å²) in [5.74, 6) is -0.850. The molecule has 1 aromatic heterocycles. The molecule has 2 aliphatic rings. The fourth-order valence-corrected chi connectivity index (χ4v) is 6.29. The van der Waals surface area contributed by atoms with E-state index in [2.05, 4.69) is 38.1 Å². The molecule has 3 aromatic rings. The van der Waals surface area contributed by atoms with Gasteiger partial charge in [0.05, 0.1) is 0 Å². The SMILES string of the molecule is CCC(=O)N[C@H](Cc1ccc(CNC(=O)[C@@H](NC(=O)c2ccnn2CC)C2Cc3ccccc3C2)cc1)C(=O)N1CCN(C)CC1. The lowest BCUT2D eigenvalue weighted by atomic mass is 9.95. The first-order chi connectivity index (χ1) is 22.2. The van der Waals surface area contributed by atoms with Gasteiger partial charge in [0.2, 0.25) is 17.7 Å². The van der Waals surface area contributed by atoms with E-state index < -0.39 is 12.1 Å². The molecule has 46 heavy (non-hydrogen) atoms. The number of carbonyl (C=O) groups excluding carboxylic acids is 4. The topological polar surface area (TPSA) is 129 Å². The lowest BCUT2D eigenvalue weighted by molar-refractivity contribution is -0.137. The first-order valence-corrected chi connectivity index (χ1v) is 16.3. The number of piperazine rings is 1. The van der Waals surface area contributed by atoms with Crippen molar-refractivity contribution in [2.75, 3.05) is 33.2 Å². The molecule has 1 aliphatic heterocycles. The van der Waals surface area contributed by atoms with E-state index in [1.807, 2.05) is 55.3 Å². The fraction of sp³-hybridized carbons (Fsp3) is 0.457. The van der Waals surface area contributed by atoms with Crippen LogP contribution in [0.2, 0.25) is 0 Å². The highest BCUT2D eigenvalue weighted by Crippen LogP contribution is 2.29. The molecule has 1 fully saturated rings. The lowest BCUT2D eigenvalue weighted by Crippen LogP contribution is -2.54. The molecule has 0 radical (unpaired) electrons. The summed E-state index contributed by atoms with van der Waals surface area (Å²) in [5.41, 5.74) is 4.63. The van der Waals surface area contributed by atoms with Crippen LogP contribution in [0.4, 0.5) is 0 Å². The van der Waals surface area contributed by atoms with Gasteiger partial charge in [-0.05, 0) is 61.1 Å². The maximum absolute atomic E-state index is 13.7. The second-order valence-corrected chi connectivity index (χ2v) is 12.3. The molecule has 0 spiro atoms. The molecule has 3 N–H and O–H groups in total. The number of aryl methyl sites for hydroxylation is 1. The largest absolute Gasteiger partial charge is 0.350 e. The van der Waals surface area contributed by atoms with Gasteiger partial charge in [-0.15, -0.1) is 0 Å². The van der Waals surface area contributed by atoms with Crippen molar-refractivity contribution in [1.82, 2.24) is 35.5 Å². The van der Waals surface area contributed by atoms with Crippen LogP contribution in [0.15, 0.2) is 60.8 Å². The first kappa shape index (κ1) is 32.9. The number of rotatable bonds is 12. The van der Waals surface area contributed by atoms with Gasteiger partial charge < -0.3 is 25.8 Å². The Balaban J connectivity index is 1.23. The molecule has 244 valence electrons. The standard InChI is InChI=1S/C35H45N7O4/c1-4-31(43)38-29(35(46)41-18-16-40(3)17-19-41)20-24-10-12-25(13-11-24)23-36-34(45)32(28-21-26-8-6-7-9-27(26)22-28)39-33(44)30-14-15-37-42(30)5-2/h6-15,28-29,32H,4-5,16-23H2,1-3H3,(H,36,45)(H,38,43)(H,39,44)/t29-,32+/m1/s1. The number of hydrogen-bond acceptors (Lipinski definition) is 6. The number of nitrogens with one attached hydrogen (secondary N) is 3. The van der Waals surface area contributed by atoms with Gasteiger partial charge in [-0.3, -0.25) is 23.9 Å². The zero-order valence-electron chi connectivity index (χ0n) is 27.0. The van der Waals surface area contributed by atoms with Gasteiger partial charge in [-0.2, -0.15) is 5.10 Å². The Labute approximate surface area is 270 Å². The minimum atomic E-state index is -0.720. The zero-order chi connectivity index (χ0) is 32.6. The average molecular weight is 628 g/mol. The molecule has 0 unspecified atom stereocenters. The van der Waals surface area contributed by atoms with Crippen molar-refractivity contribution in [3.63, 3.8) is 0 Å². The Morgan fingerprint density at radius 1 is 0.870 bits per heavy atom. The van der Waals surface area contributed by atoms with Crippen LogP contribution in [0.5, 0.6) is 0 Å². The van der Waals surface area contributed by atoms with Crippen LogP contribution in [0.25, 0.3) is 0 Å². The quantitative estimate of drug-likeness (QED) is 0.282. The predicted molar refractivity (Wildman–Crippen MR) is 175 cm³/mol. The molecular weight excluding hydrogens is 582 g/mol. The molecular formula is C35H45N7O4. The minimum Gasteiger partial charge on any atom is -0.350 e. The third-order valence-corrected chi connectivity index (χ3v) is 9.07. The van der Waals surface area contributed by atoms with Crippen molar-refractivity contribution in [2.24, 2.45) is 5.92 Å². The summed E-state index contributed by atoms with van der Waals surface area (Å²) < 4.78 is 1.62. The summed E-state index contributed by atoms with van der Waals surface area (Å²) in [6.07, 6.45) is 3.69. The molecule has 11 heteroatoms. The highest BCUT2D eigenvalue weighted by molar-refractivity contribution is 5.96. The monoisotopic (exact) mass is 627 g/mol. The van der Waals surface area contributed by atoms with Crippen LogP contribution in [-0.2, 0) is 46.7 Å². The van der Waals surface area contributed by atoms with Crippen molar-refractivity contribution < 1.29 is 19.2 Å². The van der Waals surface area contributed by atoms with Crippen LogP contribution in [0, 0.1) is 5.92 Å². The van der Waals surface area contributed by atoms with E-state index in [0.717, 1.165) is 24.2 Å². The molecule has 0 bridgehead atoms. The van der Waals surface area contributed by atoms with E-state index in [1.54, 1.807) is 23.9 Å². The van der Waals surface area contributed by atoms with Crippen molar-refractivity contribution >= 4 is 23.6 Å². The van der Waals surface area contributed by atoms with Gasteiger partial charge in [0.1, 0.15) is 17.8 Å². The smallest absolute Gasteiger partial charge is 0.270 e. The Hall–Kier alpha value is -4.51. The normalized spacial score (nSPS) is 16.4. The summed E-state index contributed by atoms with van der Waals surface area (Å²) in [5, 5.41) is 13.2. The van der Waals surface area contributed by atoms with Crippen LogP contribution in [-0.4, -0.2) is 88.5 Å². The molecule has 1 aliphatic carbocycles. The molecule has 4 amide bonds. The number of likely N-dealkylation sites (N-methyl/N-ethyl adjacent to an activating group) is 1. The van der Waals surface area contributed by atoms with Gasteiger partial charge in [-0.1, -0.05) is 55.5 Å². The number of amides is 4. The van der Waals surface area contributed by atoms with Crippen LogP contribution in [0.3, 0.4) is 0 Å². The Morgan fingerprint density at radius 2 is 1.52 bits per heavy atom. The highest BCUT2D eigenvalue weighted by Gasteiger charge is 2.35. The summed E-state index contributed by atoms with van der Waals surface area (Å²) in [7, 11) is 2.04. The number of carbonyl (C=O) groups is 4. The maximum Gasteiger partial charge on any atom is 0.270 e. The van der Waals surface area contributed by atoms with Gasteiger partial charge in [0, 0.05) is 58.3 Å². The van der Waals surface area contributed by atoms with Gasteiger partial charge >= 0.3 is 0 Å². The third kappa shape index (κ3) is 8.00. The van der Waals surface area contributed by atoms with Crippen molar-refractivity contribution in [2.45, 2.75) is 64.7 Å². The van der Waals surface area contributed by atoms with Crippen molar-refractivity contribution in [3.05, 3.63) is 88.7 Å². The summed E-state index contributed by atoms with van der Waals surface area (Å²) >= 11 is 0. The molecule has 5 rings (SSSR count). The minimum absolute atomic E-state index is 0.0598. The Bertz CT molecular complexity index is 1500. The van der Waals surface area contributed by atoms with Gasteiger partial charge in [-0.25, -0.2) is 0 Å². The van der Waals surface area contributed by atoms with Crippen LogP contribution < -0.4 is 16.0 Å². The molecule has 2 aromatic carbocycles. The first-order valence-electron chi connectivity index (χ1n) is 16.3. The van der Waals surface area contributed by atoms with E-state index in [4.69, 9.17) is 0 Å². The number of nitrogens with zero attached hydrogens (tertiary/aromatic N) is 4. The van der Waals surface area contributed by atoms with E-state index in [1.165, 1.54) is 11.1 Å². The lowest BCUT2D eigenvalue weighted by Gasteiger charge is -2.34. The average Bonchev–Trinajstić information content (AvgIpc) is 3.74. The maximum atomic E-state index is 13.7. The van der Waals surface area contributed by atoms with E-state index in [9.17, 15) is 19.2 Å². The van der Waals surface area contributed by atoms with Gasteiger partial charge in [0.15, 0.2) is 0 Å². The summed E-state index contributed by atoms with van der Waals surface area (Å²) in [4.78, 5) is 56.6. The number of fused-ring (bicyclic) bond motifs is 1. The Morgan fingerprint density at radius 3 is 2.15 bits per heavy atom.